The van der Waals surface area contributed by atoms with Gasteiger partial charge in [-0.25, -0.2) is 14.8 Å². The molecule has 1 aromatic heterocycles. The van der Waals surface area contributed by atoms with Gasteiger partial charge < -0.3 is 20.3 Å². The van der Waals surface area contributed by atoms with Crippen LogP contribution in [0.5, 0.6) is 0 Å². The van der Waals surface area contributed by atoms with Crippen LogP contribution in [0.1, 0.15) is 23.7 Å². The summed E-state index contributed by atoms with van der Waals surface area (Å²) in [6.45, 7) is 0.354. The Kier molecular flexibility index (Phi) is 7.65. The van der Waals surface area contributed by atoms with E-state index in [0.717, 1.165) is 5.56 Å². The summed E-state index contributed by atoms with van der Waals surface area (Å²) >= 11 is 1.39. The average molecular weight is 363 g/mol. The summed E-state index contributed by atoms with van der Waals surface area (Å²) in [6.07, 6.45) is 2.26. The topological polar surface area (TPSA) is 105 Å². The van der Waals surface area contributed by atoms with Crippen molar-refractivity contribution < 1.29 is 19.7 Å². The Morgan fingerprint density at radius 2 is 1.92 bits per heavy atom. The summed E-state index contributed by atoms with van der Waals surface area (Å²) in [5, 5.41) is 23.2. The number of rotatable bonds is 8. The molecule has 7 nitrogen and oxygen atoms in total. The third kappa shape index (κ3) is 6.33. The van der Waals surface area contributed by atoms with Crippen LogP contribution in [0, 0.1) is 0 Å². The van der Waals surface area contributed by atoms with Gasteiger partial charge in [-0.15, -0.1) is 0 Å². The summed E-state index contributed by atoms with van der Waals surface area (Å²) in [7, 11) is 0. The molecule has 3 N–H and O–H groups in total. The van der Waals surface area contributed by atoms with Gasteiger partial charge in [-0.2, -0.15) is 0 Å². The van der Waals surface area contributed by atoms with Crippen LogP contribution in [0.2, 0.25) is 0 Å². The van der Waals surface area contributed by atoms with Gasteiger partial charge in [0.15, 0.2) is 5.16 Å². The Hall–Kier alpha value is -2.16. The number of aliphatic hydroxyl groups is 2. The van der Waals surface area contributed by atoms with Crippen LogP contribution in [0.15, 0.2) is 47.9 Å². The second kappa shape index (κ2) is 9.97. The summed E-state index contributed by atoms with van der Waals surface area (Å²) in [5.74, 6) is 0. The molecule has 0 saturated heterocycles. The largest absolute Gasteiger partial charge is 0.445 e. The molecule has 0 bridgehead atoms. The Morgan fingerprint density at radius 3 is 2.56 bits per heavy atom. The van der Waals surface area contributed by atoms with Gasteiger partial charge in [0, 0.05) is 24.5 Å². The number of amides is 1. The Balaban J connectivity index is 1.69. The van der Waals surface area contributed by atoms with E-state index in [4.69, 9.17) is 4.74 Å². The Bertz CT molecular complexity index is 655. The Labute approximate surface area is 150 Å². The second-order valence-electron chi connectivity index (χ2n) is 5.29. The zero-order valence-electron chi connectivity index (χ0n) is 13.8. The minimum absolute atomic E-state index is 0.173. The van der Waals surface area contributed by atoms with Crippen LogP contribution >= 0.6 is 11.8 Å². The van der Waals surface area contributed by atoms with Gasteiger partial charge in [0.1, 0.15) is 12.7 Å². The van der Waals surface area contributed by atoms with Gasteiger partial charge in [-0.3, -0.25) is 0 Å². The van der Waals surface area contributed by atoms with Crippen molar-refractivity contribution in [2.45, 2.75) is 30.4 Å². The predicted octanol–water partition coefficient (Wildman–Crippen LogP) is 1.91. The second-order valence-corrected chi connectivity index (χ2v) is 6.07. The zero-order valence-corrected chi connectivity index (χ0v) is 14.6. The number of alkyl carbamates (subject to hydrolysis) is 1. The number of ether oxygens (including phenoxy) is 1. The number of hydrogen-bond acceptors (Lipinski definition) is 7. The van der Waals surface area contributed by atoms with Gasteiger partial charge in [0.05, 0.1) is 6.10 Å². The highest BCUT2D eigenvalue weighted by Gasteiger charge is 2.19. The molecule has 134 valence electrons. The van der Waals surface area contributed by atoms with E-state index in [-0.39, 0.29) is 19.6 Å². The molecule has 0 saturated carbocycles. The minimum Gasteiger partial charge on any atom is -0.445 e. The number of nitrogens with one attached hydrogen (secondary N) is 1. The lowest BCUT2D eigenvalue weighted by molar-refractivity contribution is 0.0131. The number of aromatic nitrogens is 2. The lowest BCUT2D eigenvalue weighted by atomic mass is 10.1. The molecule has 2 rings (SSSR count). The first-order valence-corrected chi connectivity index (χ1v) is 8.99. The van der Waals surface area contributed by atoms with Crippen molar-refractivity contribution >= 4 is 17.9 Å². The van der Waals surface area contributed by atoms with Crippen molar-refractivity contribution in [1.29, 1.82) is 0 Å². The van der Waals surface area contributed by atoms with Gasteiger partial charge in [-0.05, 0) is 18.2 Å². The molecule has 1 amide bonds. The van der Waals surface area contributed by atoms with Crippen molar-refractivity contribution in [2.24, 2.45) is 0 Å². The molecule has 0 fully saturated rings. The first kappa shape index (κ1) is 19.2. The quantitative estimate of drug-likeness (QED) is 0.486. The molecule has 0 aliphatic rings. The normalized spacial score (nSPS) is 13.1. The highest BCUT2D eigenvalue weighted by Crippen LogP contribution is 2.18. The minimum atomic E-state index is -1.11. The van der Waals surface area contributed by atoms with E-state index < -0.39 is 18.3 Å². The van der Waals surface area contributed by atoms with Crippen LogP contribution < -0.4 is 5.32 Å². The van der Waals surface area contributed by atoms with Crippen molar-refractivity contribution in [3.63, 3.8) is 0 Å². The molecule has 2 unspecified atom stereocenters. The van der Waals surface area contributed by atoms with E-state index in [9.17, 15) is 15.0 Å². The smallest absolute Gasteiger partial charge is 0.407 e. The van der Waals surface area contributed by atoms with E-state index in [2.05, 4.69) is 15.3 Å². The van der Waals surface area contributed by atoms with Crippen molar-refractivity contribution in [3.05, 3.63) is 53.9 Å². The van der Waals surface area contributed by atoms with E-state index in [1.807, 2.05) is 36.6 Å². The summed E-state index contributed by atoms with van der Waals surface area (Å²) in [6, 6.07) is 9.33. The van der Waals surface area contributed by atoms with Gasteiger partial charge in [-0.1, -0.05) is 42.1 Å². The molecule has 2 aromatic rings. The lowest BCUT2D eigenvalue weighted by Gasteiger charge is -2.17. The molecule has 1 heterocycles. The Morgan fingerprint density at radius 1 is 1.24 bits per heavy atom. The van der Waals surface area contributed by atoms with E-state index in [0.29, 0.717) is 10.7 Å². The molecular formula is C17H21N3O4S. The molecule has 0 spiro atoms. The number of hydrogen-bond donors (Lipinski definition) is 3. The number of aliphatic hydroxyl groups excluding tert-OH is 2. The van der Waals surface area contributed by atoms with Crippen LogP contribution in [0.4, 0.5) is 4.79 Å². The first-order valence-electron chi connectivity index (χ1n) is 7.76. The highest BCUT2D eigenvalue weighted by molar-refractivity contribution is 7.98. The van der Waals surface area contributed by atoms with Crippen LogP contribution in [0.25, 0.3) is 0 Å². The molecular weight excluding hydrogens is 342 g/mol. The summed E-state index contributed by atoms with van der Waals surface area (Å²) in [5.41, 5.74) is 1.32. The average Bonchev–Trinajstić information content (AvgIpc) is 2.66. The summed E-state index contributed by atoms with van der Waals surface area (Å²) in [4.78, 5) is 19.7. The van der Waals surface area contributed by atoms with Crippen LogP contribution in [-0.4, -0.2) is 45.2 Å². The fraction of sp³-hybridized carbons (Fsp3) is 0.353. The van der Waals surface area contributed by atoms with Gasteiger partial charge >= 0.3 is 6.09 Å². The van der Waals surface area contributed by atoms with E-state index in [1.165, 1.54) is 24.2 Å². The predicted molar refractivity (Wildman–Crippen MR) is 94.0 cm³/mol. The van der Waals surface area contributed by atoms with Crippen LogP contribution in [0.3, 0.4) is 0 Å². The van der Waals surface area contributed by atoms with E-state index >= 15 is 0 Å². The van der Waals surface area contributed by atoms with Crippen molar-refractivity contribution in [1.82, 2.24) is 15.3 Å². The zero-order chi connectivity index (χ0) is 18.1. The standard InChI is InChI=1S/C17H21N3O4S/c1-25-16-19-9-13(10-20-16)15(22)14(21)7-8-18-17(23)24-11-12-5-3-2-4-6-12/h2-6,9-10,14-15,21-22H,7-8,11H2,1H3,(H,18,23). The van der Waals surface area contributed by atoms with E-state index in [1.54, 1.807) is 0 Å². The van der Waals surface area contributed by atoms with Crippen molar-refractivity contribution in [3.8, 4) is 0 Å². The molecule has 0 aliphatic heterocycles. The van der Waals surface area contributed by atoms with Crippen LogP contribution in [-0.2, 0) is 11.3 Å². The molecule has 0 radical (unpaired) electrons. The number of benzene rings is 1. The molecule has 8 heteroatoms. The monoisotopic (exact) mass is 363 g/mol. The SMILES string of the molecule is CSc1ncc(C(O)C(O)CCNC(=O)OCc2ccccc2)cn1. The molecule has 0 aliphatic carbocycles. The number of carbonyl (C=O) groups is 1. The fourth-order valence-corrected chi connectivity index (χ4v) is 2.38. The number of thioether (sulfide) groups is 1. The maximum absolute atomic E-state index is 11.6. The van der Waals surface area contributed by atoms with Gasteiger partial charge in [0.2, 0.25) is 0 Å². The molecule has 2 atom stereocenters. The number of nitrogens with zero attached hydrogens (tertiary/aromatic N) is 2. The first-order chi connectivity index (χ1) is 12.1. The molecule has 25 heavy (non-hydrogen) atoms. The maximum atomic E-state index is 11.6. The number of carbonyl (C=O) groups excluding carboxylic acids is 1. The van der Waals surface area contributed by atoms with Gasteiger partial charge in [0.25, 0.3) is 0 Å². The lowest BCUT2D eigenvalue weighted by Crippen LogP contribution is -2.29. The maximum Gasteiger partial charge on any atom is 0.407 e. The van der Waals surface area contributed by atoms with Crippen molar-refractivity contribution in [2.75, 3.05) is 12.8 Å². The summed E-state index contributed by atoms with van der Waals surface area (Å²) < 4.78 is 5.06. The molecule has 1 aromatic carbocycles. The third-order valence-corrected chi connectivity index (χ3v) is 4.03. The highest BCUT2D eigenvalue weighted by atomic mass is 32.2. The third-order valence-electron chi connectivity index (χ3n) is 3.46. The fourth-order valence-electron chi connectivity index (χ4n) is 2.06.